The minimum atomic E-state index is -0.841. The van der Waals surface area contributed by atoms with Crippen LogP contribution in [0.25, 0.3) is 0 Å². The van der Waals surface area contributed by atoms with Crippen LogP contribution in [-0.2, 0) is 21.4 Å². The highest BCUT2D eigenvalue weighted by molar-refractivity contribution is 6.11. The fourth-order valence-corrected chi connectivity index (χ4v) is 4.12. The van der Waals surface area contributed by atoms with Crippen molar-refractivity contribution in [2.45, 2.75) is 25.2 Å². The summed E-state index contributed by atoms with van der Waals surface area (Å²) in [4.78, 5) is 49.1. The number of para-hydroxylation sites is 1. The van der Waals surface area contributed by atoms with Crippen LogP contribution in [0, 0.1) is 0 Å². The summed E-state index contributed by atoms with van der Waals surface area (Å²) in [5.41, 5.74) is 6.44. The molecule has 0 saturated carbocycles. The van der Waals surface area contributed by atoms with Crippen LogP contribution < -0.4 is 10.6 Å². The number of amides is 3. The number of primary amides is 1. The highest BCUT2D eigenvalue weighted by Crippen LogP contribution is 2.47. The van der Waals surface area contributed by atoms with Crippen molar-refractivity contribution < 1.29 is 14.4 Å². The molecule has 1 aromatic heterocycles. The molecule has 2 N–H and O–H groups in total. The Morgan fingerprint density at radius 2 is 1.93 bits per heavy atom. The van der Waals surface area contributed by atoms with Crippen molar-refractivity contribution in [3.8, 4) is 0 Å². The average molecular weight is 379 g/mol. The Kier molecular flexibility index (Phi) is 4.33. The molecule has 4 rings (SSSR count). The number of carbonyl (C=O) groups excluding carboxylic acids is 3. The lowest BCUT2D eigenvalue weighted by atomic mass is 9.81. The summed E-state index contributed by atoms with van der Waals surface area (Å²) in [5, 5.41) is 0. The summed E-state index contributed by atoms with van der Waals surface area (Å²) in [6.45, 7) is 2.48. The smallest absolute Gasteiger partial charge is 0.257 e. The van der Waals surface area contributed by atoms with E-state index < -0.39 is 11.3 Å². The predicted octanol–water partition coefficient (Wildman–Crippen LogP) is 0.655. The van der Waals surface area contributed by atoms with Gasteiger partial charge in [0.15, 0.2) is 0 Å². The first-order valence-electron chi connectivity index (χ1n) is 9.26. The van der Waals surface area contributed by atoms with Crippen LogP contribution in [0.15, 0.2) is 36.7 Å². The van der Waals surface area contributed by atoms with E-state index in [1.807, 2.05) is 31.2 Å². The molecule has 28 heavy (non-hydrogen) atoms. The SMILES string of the molecule is CCc1ncc(C(=O)N2CCC3(C2)C(=O)N(CC(N)=O)c2ccccc23)cn1. The van der Waals surface area contributed by atoms with Crippen LogP contribution in [0.2, 0.25) is 0 Å². The normalized spacial score (nSPS) is 20.7. The maximum Gasteiger partial charge on any atom is 0.257 e. The van der Waals surface area contributed by atoms with Crippen LogP contribution in [-0.4, -0.2) is 52.2 Å². The number of anilines is 1. The molecule has 2 aliphatic heterocycles. The summed E-state index contributed by atoms with van der Waals surface area (Å²) >= 11 is 0. The van der Waals surface area contributed by atoms with Crippen LogP contribution in [0.4, 0.5) is 5.69 Å². The number of rotatable bonds is 4. The lowest BCUT2D eigenvalue weighted by molar-refractivity contribution is -0.125. The quantitative estimate of drug-likeness (QED) is 0.839. The van der Waals surface area contributed by atoms with E-state index in [-0.39, 0.29) is 24.9 Å². The number of nitrogens with zero attached hydrogens (tertiary/aromatic N) is 4. The Balaban J connectivity index is 1.63. The fourth-order valence-electron chi connectivity index (χ4n) is 4.12. The molecule has 8 nitrogen and oxygen atoms in total. The Morgan fingerprint density at radius 1 is 1.21 bits per heavy atom. The molecular weight excluding hydrogens is 358 g/mol. The molecule has 8 heteroatoms. The van der Waals surface area contributed by atoms with Crippen LogP contribution >= 0.6 is 0 Å². The Bertz CT molecular complexity index is 959. The van der Waals surface area contributed by atoms with Gasteiger partial charge in [-0.1, -0.05) is 25.1 Å². The number of benzene rings is 1. The number of hydrogen-bond acceptors (Lipinski definition) is 5. The second-order valence-electron chi connectivity index (χ2n) is 7.18. The number of nitrogens with two attached hydrogens (primary N) is 1. The van der Waals surface area contributed by atoms with E-state index in [9.17, 15) is 14.4 Å². The lowest BCUT2D eigenvalue weighted by Crippen LogP contribution is -2.45. The zero-order valence-electron chi connectivity index (χ0n) is 15.6. The van der Waals surface area contributed by atoms with Crippen molar-refractivity contribution >= 4 is 23.4 Å². The van der Waals surface area contributed by atoms with Gasteiger partial charge in [-0.2, -0.15) is 0 Å². The van der Waals surface area contributed by atoms with Gasteiger partial charge in [-0.15, -0.1) is 0 Å². The third-order valence-electron chi connectivity index (χ3n) is 5.50. The van der Waals surface area contributed by atoms with Crippen molar-refractivity contribution in [3.63, 3.8) is 0 Å². The fraction of sp³-hybridized carbons (Fsp3) is 0.350. The lowest BCUT2D eigenvalue weighted by Gasteiger charge is -2.24. The van der Waals surface area contributed by atoms with Gasteiger partial charge in [-0.25, -0.2) is 9.97 Å². The zero-order chi connectivity index (χ0) is 19.9. The minimum absolute atomic E-state index is 0.169. The number of carbonyl (C=O) groups is 3. The first kappa shape index (κ1) is 18.1. The summed E-state index contributed by atoms with van der Waals surface area (Å²) in [6.07, 6.45) is 4.26. The van der Waals surface area contributed by atoms with Gasteiger partial charge in [0.05, 0.1) is 11.0 Å². The second kappa shape index (κ2) is 6.70. The van der Waals surface area contributed by atoms with E-state index in [4.69, 9.17) is 5.73 Å². The number of likely N-dealkylation sites (tertiary alicyclic amines) is 1. The standard InChI is InChI=1S/C20H21N5O3/c1-2-17-22-9-13(10-23-17)18(27)24-8-7-20(12-24)14-5-3-4-6-15(14)25(19(20)28)11-16(21)26/h3-6,9-10H,2,7-8,11-12H2,1H3,(H2,21,26). The Labute approximate surface area is 162 Å². The van der Waals surface area contributed by atoms with Gasteiger partial charge in [-0.3, -0.25) is 14.4 Å². The molecule has 3 amide bonds. The Hall–Kier alpha value is -3.29. The van der Waals surface area contributed by atoms with E-state index in [0.29, 0.717) is 36.5 Å². The molecule has 1 fully saturated rings. The number of aromatic nitrogens is 2. The molecule has 2 aromatic rings. The van der Waals surface area contributed by atoms with Crippen molar-refractivity contribution in [2.75, 3.05) is 24.5 Å². The van der Waals surface area contributed by atoms with Crippen LogP contribution in [0.5, 0.6) is 0 Å². The number of aryl methyl sites for hydroxylation is 1. The van der Waals surface area contributed by atoms with Gasteiger partial charge in [0, 0.05) is 37.6 Å². The molecule has 144 valence electrons. The Morgan fingerprint density at radius 3 is 2.61 bits per heavy atom. The molecule has 0 aliphatic carbocycles. The van der Waals surface area contributed by atoms with Gasteiger partial charge in [0.2, 0.25) is 11.8 Å². The highest BCUT2D eigenvalue weighted by atomic mass is 16.2. The number of fused-ring (bicyclic) bond motifs is 2. The topological polar surface area (TPSA) is 109 Å². The molecule has 0 radical (unpaired) electrons. The van der Waals surface area contributed by atoms with Crippen molar-refractivity contribution in [1.29, 1.82) is 0 Å². The van der Waals surface area contributed by atoms with Gasteiger partial charge < -0.3 is 15.5 Å². The molecule has 1 atom stereocenters. The van der Waals surface area contributed by atoms with Crippen molar-refractivity contribution in [1.82, 2.24) is 14.9 Å². The second-order valence-corrected chi connectivity index (χ2v) is 7.18. The first-order chi connectivity index (χ1) is 13.5. The monoisotopic (exact) mass is 379 g/mol. The van der Waals surface area contributed by atoms with Gasteiger partial charge in [0.25, 0.3) is 5.91 Å². The van der Waals surface area contributed by atoms with E-state index >= 15 is 0 Å². The zero-order valence-corrected chi connectivity index (χ0v) is 15.6. The third kappa shape index (κ3) is 2.72. The van der Waals surface area contributed by atoms with E-state index in [1.165, 1.54) is 17.3 Å². The highest BCUT2D eigenvalue weighted by Gasteiger charge is 2.55. The molecular formula is C20H21N5O3. The summed E-state index contributed by atoms with van der Waals surface area (Å²) < 4.78 is 0. The van der Waals surface area contributed by atoms with Gasteiger partial charge in [-0.05, 0) is 18.1 Å². The molecule has 2 aliphatic rings. The van der Waals surface area contributed by atoms with Gasteiger partial charge >= 0.3 is 0 Å². The summed E-state index contributed by atoms with van der Waals surface area (Å²) in [6, 6.07) is 7.39. The molecule has 1 saturated heterocycles. The maximum absolute atomic E-state index is 13.3. The van der Waals surface area contributed by atoms with E-state index in [2.05, 4.69) is 9.97 Å². The largest absolute Gasteiger partial charge is 0.368 e. The predicted molar refractivity (Wildman–Crippen MR) is 102 cm³/mol. The summed E-state index contributed by atoms with van der Waals surface area (Å²) in [5.74, 6) is -0.269. The first-order valence-corrected chi connectivity index (χ1v) is 9.26. The third-order valence-corrected chi connectivity index (χ3v) is 5.50. The van der Waals surface area contributed by atoms with Crippen molar-refractivity contribution in [2.24, 2.45) is 5.73 Å². The molecule has 1 aromatic carbocycles. The molecule has 3 heterocycles. The van der Waals surface area contributed by atoms with Crippen molar-refractivity contribution in [3.05, 3.63) is 53.6 Å². The minimum Gasteiger partial charge on any atom is -0.368 e. The molecule has 1 spiro atoms. The van der Waals surface area contributed by atoms with Gasteiger partial charge in [0.1, 0.15) is 12.4 Å². The maximum atomic E-state index is 13.3. The van der Waals surface area contributed by atoms with E-state index in [1.54, 1.807) is 4.90 Å². The number of hydrogen-bond donors (Lipinski definition) is 1. The van der Waals surface area contributed by atoms with Crippen LogP contribution in [0.3, 0.4) is 0 Å². The average Bonchev–Trinajstić information content (AvgIpc) is 3.25. The van der Waals surface area contributed by atoms with E-state index in [0.717, 1.165) is 5.56 Å². The van der Waals surface area contributed by atoms with Crippen LogP contribution in [0.1, 0.15) is 35.1 Å². The molecule has 1 unspecified atom stereocenters. The molecule has 0 bridgehead atoms. The summed E-state index contributed by atoms with van der Waals surface area (Å²) in [7, 11) is 0.